The standard InChI is InChI=1S/C23H25ClFN4O7P/c24-18-2-1-14(11-19(18)25)17(12-35-13-36-37(31,32)33)21-16(3-7-26-22(21)30)20-4-8-27-23(29-20)28-15-5-9-34-10-6-15/h1-4,7-8,11,15,17H,5-6,9-10,12-13H2,(H,26,30)(H,27,28,29)(H2,31,32,33)/t17-/m0/s1. The Kier molecular flexibility index (Phi) is 9.04. The van der Waals surface area contributed by atoms with Gasteiger partial charge in [-0.05, 0) is 42.7 Å². The van der Waals surface area contributed by atoms with Crippen LogP contribution in [0.5, 0.6) is 0 Å². The Morgan fingerprint density at radius 3 is 2.78 bits per heavy atom. The number of hydrogen-bond acceptors (Lipinski definition) is 8. The van der Waals surface area contributed by atoms with Gasteiger partial charge in [0.15, 0.2) is 6.79 Å². The molecule has 0 bridgehead atoms. The number of hydrogen-bond donors (Lipinski definition) is 4. The average molecular weight is 555 g/mol. The van der Waals surface area contributed by atoms with Crippen molar-refractivity contribution in [2.45, 2.75) is 24.8 Å². The van der Waals surface area contributed by atoms with E-state index in [-0.39, 0.29) is 23.2 Å². The number of halogens is 2. The van der Waals surface area contributed by atoms with E-state index in [1.54, 1.807) is 18.3 Å². The lowest BCUT2D eigenvalue weighted by Gasteiger charge is -2.23. The van der Waals surface area contributed by atoms with Crippen LogP contribution < -0.4 is 10.9 Å². The third-order valence-corrected chi connectivity index (χ3v) is 6.52. The average Bonchev–Trinajstić information content (AvgIpc) is 2.86. The molecule has 3 heterocycles. The molecule has 0 radical (unpaired) electrons. The molecule has 1 atom stereocenters. The highest BCUT2D eigenvalue weighted by molar-refractivity contribution is 7.46. The SMILES string of the molecule is O=c1[nH]ccc(-c2ccnc(NC3CCOCC3)n2)c1[C@@H](COCOP(=O)(O)O)c1ccc(Cl)c(F)c1. The first-order valence-corrected chi connectivity index (χ1v) is 13.2. The molecule has 0 saturated carbocycles. The summed E-state index contributed by atoms with van der Waals surface area (Å²) >= 11 is 5.85. The van der Waals surface area contributed by atoms with Crippen molar-refractivity contribution in [1.29, 1.82) is 0 Å². The van der Waals surface area contributed by atoms with E-state index < -0.39 is 31.9 Å². The number of pyridine rings is 1. The van der Waals surface area contributed by atoms with Crippen LogP contribution in [0.4, 0.5) is 10.3 Å². The number of ether oxygens (including phenoxy) is 2. The van der Waals surface area contributed by atoms with E-state index in [9.17, 15) is 13.8 Å². The lowest BCUT2D eigenvalue weighted by Crippen LogP contribution is -2.28. The minimum absolute atomic E-state index is 0.102. The fourth-order valence-corrected chi connectivity index (χ4v) is 4.34. The number of nitrogens with one attached hydrogen (secondary N) is 2. The highest BCUT2D eigenvalue weighted by Crippen LogP contribution is 2.36. The van der Waals surface area contributed by atoms with Crippen LogP contribution >= 0.6 is 19.4 Å². The van der Waals surface area contributed by atoms with Gasteiger partial charge in [0.1, 0.15) is 5.82 Å². The number of aromatic nitrogens is 3. The van der Waals surface area contributed by atoms with Gasteiger partial charge in [-0.1, -0.05) is 17.7 Å². The maximum atomic E-state index is 14.4. The summed E-state index contributed by atoms with van der Waals surface area (Å²) in [6.07, 6.45) is 4.65. The van der Waals surface area contributed by atoms with Crippen LogP contribution in [-0.4, -0.2) is 57.4 Å². The number of H-pyrrole nitrogens is 1. The normalized spacial score (nSPS) is 15.5. The third kappa shape index (κ3) is 7.42. The van der Waals surface area contributed by atoms with Gasteiger partial charge in [-0.3, -0.25) is 9.32 Å². The maximum absolute atomic E-state index is 14.4. The predicted octanol–water partition coefficient (Wildman–Crippen LogP) is 3.43. The second-order valence-corrected chi connectivity index (χ2v) is 9.91. The quantitative estimate of drug-likeness (QED) is 0.166. The number of rotatable bonds is 10. The fourth-order valence-electron chi connectivity index (χ4n) is 4.01. The Morgan fingerprint density at radius 2 is 2.05 bits per heavy atom. The van der Waals surface area contributed by atoms with E-state index in [4.69, 9.17) is 30.9 Å². The molecule has 1 saturated heterocycles. The Labute approximate surface area is 216 Å². The Hall–Kier alpha value is -2.70. The van der Waals surface area contributed by atoms with Crippen LogP contribution in [-0.2, 0) is 18.6 Å². The number of nitrogens with zero attached hydrogens (tertiary/aromatic N) is 2. The van der Waals surface area contributed by atoms with Crippen LogP contribution in [0.2, 0.25) is 5.02 Å². The molecule has 0 spiro atoms. The van der Waals surface area contributed by atoms with Crippen LogP contribution in [0.15, 0.2) is 47.5 Å². The molecule has 1 aliphatic heterocycles. The van der Waals surface area contributed by atoms with Gasteiger partial charge in [0.2, 0.25) is 5.95 Å². The van der Waals surface area contributed by atoms with Crippen molar-refractivity contribution in [1.82, 2.24) is 15.0 Å². The number of aromatic amines is 1. The molecule has 37 heavy (non-hydrogen) atoms. The fraction of sp³-hybridized carbons (Fsp3) is 0.348. The van der Waals surface area contributed by atoms with Crippen LogP contribution in [0, 0.1) is 5.82 Å². The topological polar surface area (TPSA) is 156 Å². The summed E-state index contributed by atoms with van der Waals surface area (Å²) in [7, 11) is -4.77. The van der Waals surface area contributed by atoms with Crippen molar-refractivity contribution in [3.63, 3.8) is 0 Å². The molecule has 14 heteroatoms. The molecular formula is C23H25ClFN4O7P. The Balaban J connectivity index is 1.70. The highest BCUT2D eigenvalue weighted by Gasteiger charge is 2.25. The zero-order valence-corrected chi connectivity index (χ0v) is 21.1. The molecule has 0 amide bonds. The van der Waals surface area contributed by atoms with Gasteiger partial charge in [0, 0.05) is 48.7 Å². The minimum atomic E-state index is -4.77. The van der Waals surface area contributed by atoms with Gasteiger partial charge in [0.25, 0.3) is 5.56 Å². The van der Waals surface area contributed by atoms with E-state index in [0.717, 1.165) is 12.8 Å². The lowest BCUT2D eigenvalue weighted by atomic mass is 9.88. The molecule has 4 N–H and O–H groups in total. The monoisotopic (exact) mass is 554 g/mol. The van der Waals surface area contributed by atoms with Crippen molar-refractivity contribution in [3.05, 3.63) is 75.0 Å². The summed E-state index contributed by atoms with van der Waals surface area (Å²) in [5.74, 6) is -1.18. The molecule has 1 aliphatic rings. The smallest absolute Gasteiger partial charge is 0.381 e. The van der Waals surface area contributed by atoms with Gasteiger partial charge in [-0.15, -0.1) is 0 Å². The van der Waals surface area contributed by atoms with E-state index in [2.05, 4.69) is 24.8 Å². The molecule has 0 aliphatic carbocycles. The van der Waals surface area contributed by atoms with Crippen molar-refractivity contribution >= 4 is 25.4 Å². The van der Waals surface area contributed by atoms with Crippen molar-refractivity contribution in [2.75, 3.05) is 31.9 Å². The molecular weight excluding hydrogens is 530 g/mol. The highest BCUT2D eigenvalue weighted by atomic mass is 35.5. The van der Waals surface area contributed by atoms with Crippen LogP contribution in [0.3, 0.4) is 0 Å². The summed E-state index contributed by atoms with van der Waals surface area (Å²) in [6, 6.07) is 7.51. The zero-order valence-electron chi connectivity index (χ0n) is 19.5. The lowest BCUT2D eigenvalue weighted by molar-refractivity contribution is -0.00462. The molecule has 0 unspecified atom stereocenters. The molecule has 1 aromatic carbocycles. The van der Waals surface area contributed by atoms with Gasteiger partial charge in [0.05, 0.1) is 17.3 Å². The minimum Gasteiger partial charge on any atom is -0.381 e. The van der Waals surface area contributed by atoms with E-state index in [0.29, 0.717) is 36.0 Å². The van der Waals surface area contributed by atoms with Gasteiger partial charge in [-0.25, -0.2) is 18.9 Å². The van der Waals surface area contributed by atoms with Crippen molar-refractivity contribution in [2.24, 2.45) is 0 Å². The number of phosphoric ester groups is 1. The van der Waals surface area contributed by atoms with Crippen LogP contribution in [0.25, 0.3) is 11.3 Å². The third-order valence-electron chi connectivity index (χ3n) is 5.77. The first kappa shape index (κ1) is 27.3. The maximum Gasteiger partial charge on any atom is 0.471 e. The number of anilines is 1. The van der Waals surface area contributed by atoms with Gasteiger partial charge < -0.3 is 29.6 Å². The van der Waals surface area contributed by atoms with Gasteiger partial charge >= 0.3 is 7.82 Å². The second-order valence-electron chi connectivity index (χ2n) is 8.27. The first-order chi connectivity index (χ1) is 17.7. The summed E-state index contributed by atoms with van der Waals surface area (Å²) in [5.41, 5.74) is 0.967. The van der Waals surface area contributed by atoms with E-state index >= 15 is 0 Å². The molecule has 2 aromatic heterocycles. The van der Waals surface area contributed by atoms with Gasteiger partial charge in [-0.2, -0.15) is 0 Å². The molecule has 4 rings (SSSR count). The van der Waals surface area contributed by atoms with Crippen LogP contribution in [0.1, 0.15) is 29.9 Å². The summed E-state index contributed by atoms with van der Waals surface area (Å²) in [6.45, 7) is 0.268. The van der Waals surface area contributed by atoms with E-state index in [1.165, 1.54) is 24.4 Å². The summed E-state index contributed by atoms with van der Waals surface area (Å²) in [5, 5.41) is 3.19. The summed E-state index contributed by atoms with van der Waals surface area (Å²) in [4.78, 5) is 42.5. The van der Waals surface area contributed by atoms with Crippen molar-refractivity contribution < 1.29 is 32.7 Å². The molecule has 11 nitrogen and oxygen atoms in total. The predicted molar refractivity (Wildman–Crippen MR) is 133 cm³/mol. The van der Waals surface area contributed by atoms with Crippen molar-refractivity contribution in [3.8, 4) is 11.3 Å². The van der Waals surface area contributed by atoms with E-state index in [1.807, 2.05) is 0 Å². The zero-order chi connectivity index (χ0) is 26.4. The Bertz CT molecular complexity index is 1330. The molecule has 1 fully saturated rings. The second kappa shape index (κ2) is 12.2. The Morgan fingerprint density at radius 1 is 1.27 bits per heavy atom. The first-order valence-electron chi connectivity index (χ1n) is 11.3. The molecule has 198 valence electrons. The molecule has 3 aromatic rings. The number of phosphoric acid groups is 1. The number of benzene rings is 1. The largest absolute Gasteiger partial charge is 0.471 e. The summed E-state index contributed by atoms with van der Waals surface area (Å²) < 4.78 is 40.5.